The third kappa shape index (κ3) is 5.27. The zero-order valence-electron chi connectivity index (χ0n) is 21.9. The third-order valence-electron chi connectivity index (χ3n) is 6.03. The van der Waals surface area contributed by atoms with Gasteiger partial charge in [0.15, 0.2) is 29.0 Å². The van der Waals surface area contributed by atoms with Gasteiger partial charge in [-0.25, -0.2) is 19.3 Å². The normalized spacial score (nSPS) is 10.8. The van der Waals surface area contributed by atoms with E-state index in [2.05, 4.69) is 30.7 Å². The van der Waals surface area contributed by atoms with Crippen molar-refractivity contribution in [1.29, 1.82) is 0 Å². The van der Waals surface area contributed by atoms with Gasteiger partial charge in [0.25, 0.3) is 5.56 Å². The van der Waals surface area contributed by atoms with E-state index < -0.39 is 5.82 Å². The first-order valence-electron chi connectivity index (χ1n) is 12.3. The van der Waals surface area contributed by atoms with E-state index in [1.54, 1.807) is 49.2 Å². The van der Waals surface area contributed by atoms with Crippen LogP contribution < -0.4 is 20.9 Å². The number of ether oxygens (including phenoxy) is 1. The summed E-state index contributed by atoms with van der Waals surface area (Å²) < 4.78 is 23.6. The fraction of sp³-hybridized carbons (Fsp3) is 0.143. The van der Waals surface area contributed by atoms with E-state index in [1.165, 1.54) is 42.4 Å². The molecule has 40 heavy (non-hydrogen) atoms. The highest BCUT2D eigenvalue weighted by Gasteiger charge is 2.18. The molecule has 0 amide bonds. The van der Waals surface area contributed by atoms with Crippen LogP contribution in [0.4, 0.5) is 27.4 Å². The molecule has 2 N–H and O–H groups in total. The lowest BCUT2D eigenvalue weighted by atomic mass is 10.1. The maximum absolute atomic E-state index is 15.0. The predicted molar refractivity (Wildman–Crippen MR) is 148 cm³/mol. The van der Waals surface area contributed by atoms with Gasteiger partial charge in [-0.05, 0) is 18.2 Å². The Morgan fingerprint density at radius 1 is 1.02 bits per heavy atom. The summed E-state index contributed by atoms with van der Waals surface area (Å²) in [6.07, 6.45) is 6.17. The van der Waals surface area contributed by atoms with Gasteiger partial charge in [-0.3, -0.25) is 18.8 Å². The average molecular weight is 541 g/mol. The largest absolute Gasteiger partial charge is 0.494 e. The molecule has 5 rings (SSSR count). The van der Waals surface area contributed by atoms with Crippen molar-refractivity contribution in [3.8, 4) is 22.8 Å². The van der Waals surface area contributed by atoms with E-state index >= 15 is 4.39 Å². The topological polar surface area (TPSA) is 129 Å². The fourth-order valence-corrected chi connectivity index (χ4v) is 4.09. The SMILES string of the molecule is CCC(=O)c1cnc(Nc2ncc(-n3ccccc3=O)cc2F)cc1Nc1cccc(-c2ncn(C)n2)c1OC. The molecule has 202 valence electrons. The lowest BCUT2D eigenvalue weighted by Crippen LogP contribution is -2.16. The van der Waals surface area contributed by atoms with Crippen LogP contribution in [0, 0.1) is 5.82 Å². The van der Waals surface area contributed by atoms with Crippen LogP contribution in [0.5, 0.6) is 5.75 Å². The van der Waals surface area contributed by atoms with Crippen molar-refractivity contribution in [2.24, 2.45) is 7.05 Å². The van der Waals surface area contributed by atoms with Crippen LogP contribution in [-0.4, -0.2) is 42.2 Å². The van der Waals surface area contributed by atoms with Gasteiger partial charge in [-0.15, -0.1) is 0 Å². The highest BCUT2D eigenvalue weighted by Crippen LogP contribution is 2.37. The number of methoxy groups -OCH3 is 1. The Kier molecular flexibility index (Phi) is 7.31. The molecule has 5 aromatic rings. The Morgan fingerprint density at radius 3 is 2.58 bits per heavy atom. The van der Waals surface area contributed by atoms with Crippen LogP contribution >= 0.6 is 0 Å². The Hall–Kier alpha value is -5.39. The van der Waals surface area contributed by atoms with Crippen molar-refractivity contribution in [2.75, 3.05) is 17.7 Å². The number of nitrogens with one attached hydrogen (secondary N) is 2. The van der Waals surface area contributed by atoms with E-state index in [0.717, 1.165) is 0 Å². The van der Waals surface area contributed by atoms with Gasteiger partial charge in [0.2, 0.25) is 0 Å². The number of benzene rings is 1. The molecule has 0 saturated heterocycles. The number of halogens is 1. The van der Waals surface area contributed by atoms with E-state index in [-0.39, 0.29) is 35.1 Å². The number of pyridine rings is 3. The summed E-state index contributed by atoms with van der Waals surface area (Å²) in [4.78, 5) is 37.6. The number of carbonyl (C=O) groups excluding carboxylic acids is 1. The molecular formula is C28H25FN8O3. The zero-order chi connectivity index (χ0) is 28.2. The molecule has 0 spiro atoms. The minimum atomic E-state index is -0.685. The number of para-hydroxylation sites is 1. The molecule has 0 aliphatic carbocycles. The van der Waals surface area contributed by atoms with E-state index in [4.69, 9.17) is 4.74 Å². The Labute approximate surface area is 228 Å². The highest BCUT2D eigenvalue weighted by molar-refractivity contribution is 6.02. The summed E-state index contributed by atoms with van der Waals surface area (Å²) in [6, 6.07) is 12.9. The van der Waals surface area contributed by atoms with Crippen LogP contribution in [0.25, 0.3) is 17.1 Å². The lowest BCUT2D eigenvalue weighted by molar-refractivity contribution is 0.0988. The monoisotopic (exact) mass is 540 g/mol. The number of hydrogen-bond acceptors (Lipinski definition) is 9. The van der Waals surface area contributed by atoms with Gasteiger partial charge in [-0.2, -0.15) is 5.10 Å². The van der Waals surface area contributed by atoms with Crippen molar-refractivity contribution in [3.05, 3.63) is 95.2 Å². The first kappa shape index (κ1) is 26.2. The maximum atomic E-state index is 15.0. The van der Waals surface area contributed by atoms with Crippen molar-refractivity contribution < 1.29 is 13.9 Å². The van der Waals surface area contributed by atoms with Crippen molar-refractivity contribution in [3.63, 3.8) is 0 Å². The second-order valence-corrected chi connectivity index (χ2v) is 8.70. The van der Waals surface area contributed by atoms with E-state index in [0.29, 0.717) is 34.1 Å². The molecule has 1 aromatic carbocycles. The summed E-state index contributed by atoms with van der Waals surface area (Å²) in [5, 5.41) is 10.5. The summed E-state index contributed by atoms with van der Waals surface area (Å²) in [6.45, 7) is 1.76. The van der Waals surface area contributed by atoms with Gasteiger partial charge in [0.05, 0.1) is 41.5 Å². The molecule has 0 aliphatic heterocycles. The Morgan fingerprint density at radius 2 is 1.88 bits per heavy atom. The minimum Gasteiger partial charge on any atom is -0.494 e. The number of aromatic nitrogens is 6. The van der Waals surface area contributed by atoms with Crippen LogP contribution in [0.2, 0.25) is 0 Å². The quantitative estimate of drug-likeness (QED) is 0.257. The molecule has 11 nitrogen and oxygen atoms in total. The molecule has 0 saturated carbocycles. The molecule has 4 aromatic heterocycles. The molecule has 0 fully saturated rings. The zero-order valence-corrected chi connectivity index (χ0v) is 21.9. The van der Waals surface area contributed by atoms with Gasteiger partial charge < -0.3 is 15.4 Å². The molecular weight excluding hydrogens is 515 g/mol. The average Bonchev–Trinajstić information content (AvgIpc) is 3.40. The summed E-state index contributed by atoms with van der Waals surface area (Å²) in [5.74, 6) is 0.289. The summed E-state index contributed by atoms with van der Waals surface area (Å²) in [5.41, 5.74) is 1.98. The van der Waals surface area contributed by atoms with Gasteiger partial charge >= 0.3 is 0 Å². The molecule has 12 heteroatoms. The van der Waals surface area contributed by atoms with Gasteiger partial charge in [0, 0.05) is 44.1 Å². The molecule has 0 atom stereocenters. The van der Waals surface area contributed by atoms with Crippen molar-refractivity contribution >= 4 is 28.8 Å². The number of Topliss-reactive ketones (excluding diaryl/α,β-unsaturated/α-hetero) is 1. The Balaban J connectivity index is 1.49. The number of nitrogens with zero attached hydrogens (tertiary/aromatic N) is 6. The Bertz CT molecular complexity index is 1770. The number of ketones is 1. The van der Waals surface area contributed by atoms with Gasteiger partial charge in [-0.1, -0.05) is 19.1 Å². The highest BCUT2D eigenvalue weighted by atomic mass is 19.1. The lowest BCUT2D eigenvalue weighted by Gasteiger charge is -2.17. The summed E-state index contributed by atoms with van der Waals surface area (Å²) in [7, 11) is 3.30. The van der Waals surface area contributed by atoms with Crippen LogP contribution in [0.15, 0.2) is 78.2 Å². The first-order chi connectivity index (χ1) is 19.4. The summed E-state index contributed by atoms with van der Waals surface area (Å²) >= 11 is 0. The van der Waals surface area contributed by atoms with Crippen LogP contribution in [-0.2, 0) is 7.05 Å². The van der Waals surface area contributed by atoms with Crippen molar-refractivity contribution in [1.82, 2.24) is 29.3 Å². The molecule has 0 radical (unpaired) electrons. The number of anilines is 4. The second-order valence-electron chi connectivity index (χ2n) is 8.70. The molecule has 4 heterocycles. The second kappa shape index (κ2) is 11.2. The third-order valence-corrected chi connectivity index (χ3v) is 6.03. The fourth-order valence-electron chi connectivity index (χ4n) is 4.09. The number of carbonyl (C=O) groups is 1. The van der Waals surface area contributed by atoms with Crippen LogP contribution in [0.3, 0.4) is 0 Å². The minimum absolute atomic E-state index is 0.0958. The number of aryl methyl sites for hydroxylation is 1. The van der Waals surface area contributed by atoms with Crippen LogP contribution in [0.1, 0.15) is 23.7 Å². The van der Waals surface area contributed by atoms with E-state index in [9.17, 15) is 9.59 Å². The van der Waals surface area contributed by atoms with Gasteiger partial charge in [0.1, 0.15) is 12.1 Å². The maximum Gasteiger partial charge on any atom is 0.255 e. The molecule has 0 aliphatic rings. The van der Waals surface area contributed by atoms with E-state index in [1.807, 2.05) is 12.1 Å². The standard InChI is InChI=1S/C28H25FN8O3/c1-4-23(38)19-15-30-24(34-28-20(29)12-17(14-31-28)37-11-6-5-10-25(37)39)13-22(19)33-21-9-7-8-18(26(21)40-3)27-32-16-36(2)35-27/h5-16H,4H2,1-3H3,(H2,30,31,33,34). The predicted octanol–water partition coefficient (Wildman–Crippen LogP) is 4.65. The first-order valence-corrected chi connectivity index (χ1v) is 12.3. The van der Waals surface area contributed by atoms with Crippen molar-refractivity contribution in [2.45, 2.75) is 13.3 Å². The smallest absolute Gasteiger partial charge is 0.255 e. The number of rotatable bonds is 9. The molecule has 0 bridgehead atoms. The number of hydrogen-bond donors (Lipinski definition) is 2. The molecule has 0 unspecified atom stereocenters.